The Hall–Kier alpha value is -1.69. The molecule has 0 N–H and O–H groups in total. The molecular weight excluding hydrogens is 361 g/mol. The van der Waals surface area contributed by atoms with Gasteiger partial charge in [-0.05, 0) is 39.0 Å². The van der Waals surface area contributed by atoms with E-state index >= 15 is 0 Å². The summed E-state index contributed by atoms with van der Waals surface area (Å²) >= 11 is 3.34. The van der Waals surface area contributed by atoms with Gasteiger partial charge in [-0.3, -0.25) is 9.48 Å². The molecule has 6 heteroatoms. The molecule has 1 amide bonds. The van der Waals surface area contributed by atoms with Crippen LogP contribution in [0.15, 0.2) is 22.7 Å². The Balaban J connectivity index is 2.17. The number of aromatic nitrogens is 2. The number of amides is 1. The molecular formula is C17H21BrFN3O. The molecule has 0 spiro atoms. The minimum Gasteiger partial charge on any atom is -0.338 e. The van der Waals surface area contributed by atoms with Gasteiger partial charge < -0.3 is 4.90 Å². The molecule has 0 aliphatic carbocycles. The number of hydrogen-bond acceptors (Lipinski definition) is 2. The summed E-state index contributed by atoms with van der Waals surface area (Å²) in [6.45, 7) is 6.55. The number of nitrogens with zero attached hydrogens (tertiary/aromatic N) is 3. The predicted molar refractivity (Wildman–Crippen MR) is 91.6 cm³/mol. The molecule has 0 atom stereocenters. The Kier molecular flexibility index (Phi) is 5.57. The van der Waals surface area contributed by atoms with E-state index < -0.39 is 0 Å². The van der Waals surface area contributed by atoms with E-state index in [0.717, 1.165) is 21.4 Å². The van der Waals surface area contributed by atoms with Crippen LogP contribution in [0, 0.1) is 19.7 Å². The van der Waals surface area contributed by atoms with Gasteiger partial charge in [0.1, 0.15) is 5.82 Å². The zero-order valence-electron chi connectivity index (χ0n) is 13.9. The van der Waals surface area contributed by atoms with E-state index in [1.807, 2.05) is 27.8 Å². The van der Waals surface area contributed by atoms with Crippen LogP contribution in [0.2, 0.25) is 0 Å². The number of likely N-dealkylation sites (N-methyl/N-ethyl adjacent to an activating group) is 1. The second kappa shape index (κ2) is 7.25. The number of hydrogen-bond donors (Lipinski definition) is 0. The van der Waals surface area contributed by atoms with Gasteiger partial charge in [-0.15, -0.1) is 0 Å². The third-order valence-corrected chi connectivity index (χ3v) is 4.58. The molecule has 0 radical (unpaired) electrons. The third-order valence-electron chi connectivity index (χ3n) is 4.09. The van der Waals surface area contributed by atoms with Crippen LogP contribution in [-0.4, -0.2) is 27.1 Å². The molecule has 1 aromatic heterocycles. The van der Waals surface area contributed by atoms with E-state index in [-0.39, 0.29) is 24.7 Å². The van der Waals surface area contributed by atoms with Crippen molar-refractivity contribution in [2.45, 2.75) is 33.7 Å². The van der Waals surface area contributed by atoms with Gasteiger partial charge in [0.05, 0.1) is 12.1 Å². The Morgan fingerprint density at radius 3 is 2.65 bits per heavy atom. The fourth-order valence-electron chi connectivity index (χ4n) is 2.58. The highest BCUT2D eigenvalue weighted by Gasteiger charge is 2.19. The fourth-order valence-corrected chi connectivity index (χ4v) is 2.99. The summed E-state index contributed by atoms with van der Waals surface area (Å²) in [5, 5.41) is 4.34. The van der Waals surface area contributed by atoms with Crippen molar-refractivity contribution in [2.24, 2.45) is 7.05 Å². The van der Waals surface area contributed by atoms with Crippen LogP contribution in [0.1, 0.15) is 29.4 Å². The third kappa shape index (κ3) is 3.99. The minimum atomic E-state index is -0.298. The number of carbonyl (C=O) groups is 1. The summed E-state index contributed by atoms with van der Waals surface area (Å²) in [5.41, 5.74) is 3.31. The smallest absolute Gasteiger partial charge is 0.227 e. The quantitative estimate of drug-likeness (QED) is 0.794. The lowest BCUT2D eigenvalue weighted by molar-refractivity contribution is -0.130. The van der Waals surface area contributed by atoms with E-state index in [9.17, 15) is 9.18 Å². The van der Waals surface area contributed by atoms with Gasteiger partial charge in [0, 0.05) is 41.4 Å². The SMILES string of the molecule is CCN(Cc1cc(Br)ccc1F)C(=O)Cc1c(C)nn(C)c1C. The summed E-state index contributed by atoms with van der Waals surface area (Å²) in [6, 6.07) is 4.78. The maximum Gasteiger partial charge on any atom is 0.227 e. The Bertz CT molecular complexity index is 727. The molecule has 4 nitrogen and oxygen atoms in total. The summed E-state index contributed by atoms with van der Waals surface area (Å²) in [5.74, 6) is -0.320. The van der Waals surface area contributed by atoms with Gasteiger partial charge in [-0.25, -0.2) is 4.39 Å². The fraction of sp³-hybridized carbons (Fsp3) is 0.412. The summed E-state index contributed by atoms with van der Waals surface area (Å²) in [4.78, 5) is 14.3. The first kappa shape index (κ1) is 17.7. The first-order chi connectivity index (χ1) is 10.8. The van der Waals surface area contributed by atoms with Gasteiger partial charge in [-0.1, -0.05) is 15.9 Å². The average molecular weight is 382 g/mol. The highest BCUT2D eigenvalue weighted by Crippen LogP contribution is 2.19. The topological polar surface area (TPSA) is 38.1 Å². The number of halogens is 2. The lowest BCUT2D eigenvalue weighted by atomic mass is 10.1. The van der Waals surface area contributed by atoms with Crippen LogP contribution in [0.5, 0.6) is 0 Å². The zero-order chi connectivity index (χ0) is 17.1. The van der Waals surface area contributed by atoms with Crippen molar-refractivity contribution in [1.82, 2.24) is 14.7 Å². The second-order valence-corrected chi connectivity index (χ2v) is 6.51. The van der Waals surface area contributed by atoms with E-state index in [0.29, 0.717) is 12.1 Å². The highest BCUT2D eigenvalue weighted by atomic mass is 79.9. The van der Waals surface area contributed by atoms with Crippen LogP contribution in [0.3, 0.4) is 0 Å². The standard InChI is InChI=1S/C17H21BrFN3O/c1-5-22(10-13-8-14(18)6-7-16(13)19)17(23)9-15-11(2)20-21(4)12(15)3/h6-8H,5,9-10H2,1-4H3. The number of benzene rings is 1. The van der Waals surface area contributed by atoms with Crippen molar-refractivity contribution < 1.29 is 9.18 Å². The number of aryl methyl sites for hydroxylation is 2. The molecule has 2 rings (SSSR count). The monoisotopic (exact) mass is 381 g/mol. The lowest BCUT2D eigenvalue weighted by Crippen LogP contribution is -2.32. The summed E-state index contributed by atoms with van der Waals surface area (Å²) < 4.78 is 16.5. The van der Waals surface area contributed by atoms with Gasteiger partial charge >= 0.3 is 0 Å². The Labute approximate surface area is 144 Å². The molecule has 124 valence electrons. The largest absolute Gasteiger partial charge is 0.338 e. The van der Waals surface area contributed by atoms with Crippen LogP contribution >= 0.6 is 15.9 Å². The molecule has 0 bridgehead atoms. The van der Waals surface area contributed by atoms with Crippen molar-refractivity contribution >= 4 is 21.8 Å². The van der Waals surface area contributed by atoms with Crippen LogP contribution in [0.4, 0.5) is 4.39 Å². The molecule has 0 aliphatic heterocycles. The van der Waals surface area contributed by atoms with Gasteiger partial charge in [0.15, 0.2) is 0 Å². The molecule has 0 fully saturated rings. The highest BCUT2D eigenvalue weighted by molar-refractivity contribution is 9.10. The predicted octanol–water partition coefficient (Wildman–Crippen LogP) is 3.53. The van der Waals surface area contributed by atoms with Crippen molar-refractivity contribution in [3.8, 4) is 0 Å². The van der Waals surface area contributed by atoms with Crippen molar-refractivity contribution in [3.63, 3.8) is 0 Å². The zero-order valence-corrected chi connectivity index (χ0v) is 15.4. The average Bonchev–Trinajstić information content (AvgIpc) is 2.74. The van der Waals surface area contributed by atoms with Crippen LogP contribution in [0.25, 0.3) is 0 Å². The van der Waals surface area contributed by atoms with Gasteiger partial charge in [0.2, 0.25) is 5.91 Å². The Morgan fingerprint density at radius 1 is 1.39 bits per heavy atom. The molecule has 0 saturated carbocycles. The molecule has 2 aromatic rings. The molecule has 23 heavy (non-hydrogen) atoms. The van der Waals surface area contributed by atoms with Crippen molar-refractivity contribution in [2.75, 3.05) is 6.54 Å². The van der Waals surface area contributed by atoms with Crippen molar-refractivity contribution in [3.05, 3.63) is 51.0 Å². The number of carbonyl (C=O) groups excluding carboxylic acids is 1. The molecule has 0 unspecified atom stereocenters. The van der Waals surface area contributed by atoms with E-state index in [2.05, 4.69) is 21.0 Å². The van der Waals surface area contributed by atoms with E-state index in [4.69, 9.17) is 0 Å². The van der Waals surface area contributed by atoms with E-state index in [1.54, 1.807) is 21.7 Å². The maximum atomic E-state index is 13.9. The molecule has 1 aromatic carbocycles. The summed E-state index contributed by atoms with van der Waals surface area (Å²) in [6.07, 6.45) is 0.287. The van der Waals surface area contributed by atoms with Crippen LogP contribution in [-0.2, 0) is 24.8 Å². The summed E-state index contributed by atoms with van der Waals surface area (Å²) in [7, 11) is 1.87. The van der Waals surface area contributed by atoms with Gasteiger partial charge in [0.25, 0.3) is 0 Å². The first-order valence-electron chi connectivity index (χ1n) is 7.54. The maximum absolute atomic E-state index is 13.9. The second-order valence-electron chi connectivity index (χ2n) is 5.59. The minimum absolute atomic E-state index is 0.0222. The van der Waals surface area contributed by atoms with Crippen molar-refractivity contribution in [1.29, 1.82) is 0 Å². The van der Waals surface area contributed by atoms with Gasteiger partial charge in [-0.2, -0.15) is 5.10 Å². The Morgan fingerprint density at radius 2 is 2.09 bits per heavy atom. The lowest BCUT2D eigenvalue weighted by Gasteiger charge is -2.21. The molecule has 0 aliphatic rings. The molecule has 0 saturated heterocycles. The number of rotatable bonds is 5. The van der Waals surface area contributed by atoms with E-state index in [1.165, 1.54) is 6.07 Å². The first-order valence-corrected chi connectivity index (χ1v) is 8.33. The molecule has 1 heterocycles. The van der Waals surface area contributed by atoms with Crippen LogP contribution < -0.4 is 0 Å². The normalized spacial score (nSPS) is 10.9.